The summed E-state index contributed by atoms with van der Waals surface area (Å²) in [6.45, 7) is 10.3. The Morgan fingerprint density at radius 3 is 2.33 bits per heavy atom. The predicted octanol–water partition coefficient (Wildman–Crippen LogP) is 3.02. The van der Waals surface area contributed by atoms with Gasteiger partial charge in [-0.15, -0.1) is 0 Å². The first-order chi connectivity index (χ1) is 9.83. The van der Waals surface area contributed by atoms with E-state index in [9.17, 15) is 8.42 Å². The molecule has 0 fully saturated rings. The molecule has 0 aromatic rings. The first-order valence-electron chi connectivity index (χ1n) is 8.24. The fraction of sp³-hybridized carbons (Fsp3) is 1.00. The highest BCUT2D eigenvalue weighted by Gasteiger charge is 2.30. The van der Waals surface area contributed by atoms with Crippen LogP contribution in [0.15, 0.2) is 0 Å². The zero-order valence-electron chi connectivity index (χ0n) is 14.6. The number of unbranched alkanes of at least 4 members (excludes halogenated alkanes) is 1. The molecule has 21 heavy (non-hydrogen) atoms. The maximum absolute atomic E-state index is 12.1. The van der Waals surface area contributed by atoms with Gasteiger partial charge in [0.15, 0.2) is 9.84 Å². The standard InChI is InChI=1S/C16H35NO3S/c1-6-8-9-16(7-2,14-17-11-12-20-5)10-13-21(18,19)15(3)4/h15,17H,6-14H2,1-5H3. The fourth-order valence-corrected chi connectivity index (χ4v) is 3.64. The topological polar surface area (TPSA) is 55.4 Å². The molecule has 0 bridgehead atoms. The summed E-state index contributed by atoms with van der Waals surface area (Å²) in [4.78, 5) is 0. The van der Waals surface area contributed by atoms with E-state index >= 15 is 0 Å². The Balaban J connectivity index is 4.69. The second-order valence-corrected chi connectivity index (χ2v) is 8.97. The number of nitrogens with one attached hydrogen (secondary N) is 1. The van der Waals surface area contributed by atoms with Crippen LogP contribution in [-0.2, 0) is 14.6 Å². The maximum atomic E-state index is 12.1. The third-order valence-corrected chi connectivity index (χ3v) is 6.64. The van der Waals surface area contributed by atoms with Gasteiger partial charge >= 0.3 is 0 Å². The molecule has 0 radical (unpaired) electrons. The number of ether oxygens (including phenoxy) is 1. The smallest absolute Gasteiger partial charge is 0.152 e. The van der Waals surface area contributed by atoms with E-state index in [-0.39, 0.29) is 10.7 Å². The molecular weight excluding hydrogens is 286 g/mol. The van der Waals surface area contributed by atoms with Gasteiger partial charge in [0.25, 0.3) is 0 Å². The van der Waals surface area contributed by atoms with E-state index in [1.807, 2.05) is 0 Å². The van der Waals surface area contributed by atoms with Gasteiger partial charge in [0.2, 0.25) is 0 Å². The minimum absolute atomic E-state index is 0.0890. The molecular formula is C16H35NO3S. The van der Waals surface area contributed by atoms with Crippen LogP contribution in [0.3, 0.4) is 0 Å². The van der Waals surface area contributed by atoms with E-state index in [4.69, 9.17) is 4.74 Å². The first kappa shape index (κ1) is 20.9. The van der Waals surface area contributed by atoms with E-state index < -0.39 is 9.84 Å². The van der Waals surface area contributed by atoms with E-state index in [0.717, 1.165) is 45.2 Å². The summed E-state index contributed by atoms with van der Waals surface area (Å²) in [7, 11) is -1.26. The van der Waals surface area contributed by atoms with Crippen molar-refractivity contribution in [3.8, 4) is 0 Å². The predicted molar refractivity (Wildman–Crippen MR) is 90.5 cm³/mol. The van der Waals surface area contributed by atoms with Gasteiger partial charge in [0.05, 0.1) is 17.6 Å². The quantitative estimate of drug-likeness (QED) is 0.530. The van der Waals surface area contributed by atoms with Crippen LogP contribution in [0.2, 0.25) is 0 Å². The van der Waals surface area contributed by atoms with Crippen LogP contribution in [0, 0.1) is 5.41 Å². The van der Waals surface area contributed by atoms with Crippen molar-refractivity contribution in [1.29, 1.82) is 0 Å². The van der Waals surface area contributed by atoms with Crippen LogP contribution in [0.5, 0.6) is 0 Å². The van der Waals surface area contributed by atoms with Gasteiger partial charge in [-0.2, -0.15) is 0 Å². The van der Waals surface area contributed by atoms with E-state index in [0.29, 0.717) is 12.4 Å². The van der Waals surface area contributed by atoms with Gasteiger partial charge in [-0.1, -0.05) is 26.7 Å². The largest absolute Gasteiger partial charge is 0.383 e. The van der Waals surface area contributed by atoms with Crippen LogP contribution in [-0.4, -0.2) is 46.2 Å². The number of hydrogen-bond acceptors (Lipinski definition) is 4. The molecule has 0 saturated heterocycles. The van der Waals surface area contributed by atoms with Crippen LogP contribution in [0.25, 0.3) is 0 Å². The lowest BCUT2D eigenvalue weighted by molar-refractivity contribution is 0.180. The first-order valence-corrected chi connectivity index (χ1v) is 9.96. The lowest BCUT2D eigenvalue weighted by atomic mass is 9.77. The highest BCUT2D eigenvalue weighted by atomic mass is 32.2. The van der Waals surface area contributed by atoms with Gasteiger partial charge < -0.3 is 10.1 Å². The van der Waals surface area contributed by atoms with Crippen molar-refractivity contribution in [3.63, 3.8) is 0 Å². The molecule has 128 valence electrons. The summed E-state index contributed by atoms with van der Waals surface area (Å²) in [5, 5.41) is 3.15. The molecule has 4 nitrogen and oxygen atoms in total. The normalized spacial score (nSPS) is 15.3. The summed E-state index contributed by atoms with van der Waals surface area (Å²) < 4.78 is 29.3. The molecule has 0 aromatic heterocycles. The summed E-state index contributed by atoms with van der Waals surface area (Å²) in [6.07, 6.45) is 5.16. The van der Waals surface area contributed by atoms with Crippen molar-refractivity contribution in [1.82, 2.24) is 5.32 Å². The summed E-state index contributed by atoms with van der Waals surface area (Å²) >= 11 is 0. The van der Waals surface area contributed by atoms with Crippen molar-refractivity contribution in [2.75, 3.05) is 32.6 Å². The minimum Gasteiger partial charge on any atom is -0.383 e. The SMILES string of the molecule is CCCCC(CC)(CCS(=O)(=O)C(C)C)CNCCOC. The molecule has 0 aliphatic heterocycles. The van der Waals surface area contributed by atoms with Crippen LogP contribution >= 0.6 is 0 Å². The van der Waals surface area contributed by atoms with Crippen molar-refractivity contribution >= 4 is 9.84 Å². The number of hydrogen-bond donors (Lipinski definition) is 1. The van der Waals surface area contributed by atoms with E-state index in [1.54, 1.807) is 21.0 Å². The van der Waals surface area contributed by atoms with Crippen molar-refractivity contribution in [2.45, 2.75) is 65.0 Å². The lowest BCUT2D eigenvalue weighted by Crippen LogP contribution is -2.37. The molecule has 0 aromatic carbocycles. The maximum Gasteiger partial charge on any atom is 0.152 e. The average molecular weight is 322 g/mol. The molecule has 0 heterocycles. The summed E-state index contributed by atoms with van der Waals surface area (Å²) in [5.74, 6) is 0.300. The summed E-state index contributed by atoms with van der Waals surface area (Å²) in [5.41, 5.74) is 0.0890. The molecule has 0 spiro atoms. The number of rotatable bonds is 13. The van der Waals surface area contributed by atoms with Crippen molar-refractivity contribution < 1.29 is 13.2 Å². The Morgan fingerprint density at radius 2 is 1.86 bits per heavy atom. The average Bonchev–Trinajstić information content (AvgIpc) is 2.46. The molecule has 0 aliphatic carbocycles. The monoisotopic (exact) mass is 321 g/mol. The molecule has 1 N–H and O–H groups in total. The van der Waals surface area contributed by atoms with Gasteiger partial charge in [0.1, 0.15) is 0 Å². The van der Waals surface area contributed by atoms with Crippen molar-refractivity contribution in [3.05, 3.63) is 0 Å². The van der Waals surface area contributed by atoms with Crippen LogP contribution in [0.4, 0.5) is 0 Å². The number of methoxy groups -OCH3 is 1. The molecule has 0 rings (SSSR count). The van der Waals surface area contributed by atoms with Crippen LogP contribution in [0.1, 0.15) is 59.8 Å². The third-order valence-electron chi connectivity index (χ3n) is 4.43. The second-order valence-electron chi connectivity index (χ2n) is 6.29. The highest BCUT2D eigenvalue weighted by molar-refractivity contribution is 7.91. The lowest BCUT2D eigenvalue weighted by Gasteiger charge is -2.33. The second kappa shape index (κ2) is 10.6. The van der Waals surface area contributed by atoms with E-state index in [1.165, 1.54) is 0 Å². The molecule has 5 heteroatoms. The van der Waals surface area contributed by atoms with E-state index in [2.05, 4.69) is 19.2 Å². The molecule has 0 amide bonds. The Morgan fingerprint density at radius 1 is 1.19 bits per heavy atom. The van der Waals surface area contributed by atoms with Crippen molar-refractivity contribution in [2.24, 2.45) is 5.41 Å². The fourth-order valence-electron chi connectivity index (χ4n) is 2.45. The summed E-state index contributed by atoms with van der Waals surface area (Å²) in [6, 6.07) is 0. The van der Waals surface area contributed by atoms with Gasteiger partial charge in [-0.3, -0.25) is 0 Å². The Hall–Kier alpha value is -0.130. The van der Waals surface area contributed by atoms with Crippen LogP contribution < -0.4 is 5.32 Å². The minimum atomic E-state index is -2.95. The van der Waals surface area contributed by atoms with Gasteiger partial charge in [-0.05, 0) is 38.5 Å². The molecule has 1 unspecified atom stereocenters. The zero-order chi connectivity index (χ0) is 16.4. The molecule has 1 atom stereocenters. The Kier molecular flexibility index (Phi) is 10.5. The Labute approximate surface area is 132 Å². The zero-order valence-corrected chi connectivity index (χ0v) is 15.4. The molecule has 0 aliphatic rings. The highest BCUT2D eigenvalue weighted by Crippen LogP contribution is 2.33. The number of sulfone groups is 1. The van der Waals surface area contributed by atoms with Gasteiger partial charge in [0, 0.05) is 20.2 Å². The third kappa shape index (κ3) is 8.17. The Bertz CT molecular complexity index is 355. The van der Waals surface area contributed by atoms with Gasteiger partial charge in [-0.25, -0.2) is 8.42 Å². The molecule has 0 saturated carbocycles.